The number of amides is 1. The molecule has 6 nitrogen and oxygen atoms in total. The third kappa shape index (κ3) is 4.81. The highest BCUT2D eigenvalue weighted by Crippen LogP contribution is 2.38. The third-order valence-corrected chi connectivity index (χ3v) is 5.83. The van der Waals surface area contributed by atoms with E-state index in [1.54, 1.807) is 29.2 Å². The fourth-order valence-electron chi connectivity index (χ4n) is 4.18. The van der Waals surface area contributed by atoms with Crippen LogP contribution in [-0.4, -0.2) is 36.7 Å². The average Bonchev–Trinajstić information content (AvgIpc) is 3.09. The molecule has 3 aromatic rings. The minimum atomic E-state index is -0.503. The third-order valence-electron chi connectivity index (χ3n) is 5.83. The highest BCUT2D eigenvalue weighted by molar-refractivity contribution is 5.99. The second-order valence-corrected chi connectivity index (χ2v) is 8.62. The van der Waals surface area contributed by atoms with Crippen LogP contribution in [-0.2, 0) is 4.74 Å². The number of carbonyl (C=O) groups excluding carboxylic acids is 1. The summed E-state index contributed by atoms with van der Waals surface area (Å²) in [6.45, 7) is 7.76. The first kappa shape index (κ1) is 23.1. The Morgan fingerprint density at radius 3 is 2.48 bits per heavy atom. The number of hydrogen-bond donors (Lipinski definition) is 0. The van der Waals surface area contributed by atoms with E-state index < -0.39 is 6.04 Å². The number of ether oxygens (including phenoxy) is 2. The van der Waals surface area contributed by atoms with Gasteiger partial charge in [-0.2, -0.15) is 0 Å². The van der Waals surface area contributed by atoms with Crippen LogP contribution < -0.4 is 10.2 Å². The Bertz CT molecular complexity index is 1170. The average molecular weight is 450 g/mol. The van der Waals surface area contributed by atoms with Crippen LogP contribution in [0.3, 0.4) is 0 Å². The van der Waals surface area contributed by atoms with Crippen LogP contribution in [0.1, 0.15) is 67.8 Å². The van der Waals surface area contributed by atoms with Crippen molar-refractivity contribution in [2.45, 2.75) is 52.2 Å². The van der Waals surface area contributed by atoms with Crippen molar-refractivity contribution in [2.24, 2.45) is 0 Å². The predicted octanol–water partition coefficient (Wildman–Crippen LogP) is 5.33. The number of fused-ring (bicyclic) bond motifs is 2. The summed E-state index contributed by atoms with van der Waals surface area (Å²) < 4.78 is 17.4. The van der Waals surface area contributed by atoms with Gasteiger partial charge in [-0.05, 0) is 56.5 Å². The standard InChI is InChI=1S/C27H31NO5/c1-4-5-16-32-20-13-11-19(12-14-20)24-23-25(29)21-9-6-7-10-22(21)33-26(23)27(30)28(24)15-8-17-31-18(2)3/h6-7,9-14,18,24H,4-5,8,15-17H2,1-3H3/t24-/m0/s1. The van der Waals surface area contributed by atoms with E-state index in [4.69, 9.17) is 13.9 Å². The predicted molar refractivity (Wildman–Crippen MR) is 128 cm³/mol. The molecule has 2 heterocycles. The lowest BCUT2D eigenvalue weighted by molar-refractivity contribution is 0.0593. The van der Waals surface area contributed by atoms with Crippen LogP contribution in [0, 0.1) is 0 Å². The molecule has 6 heteroatoms. The van der Waals surface area contributed by atoms with Gasteiger partial charge in [0.15, 0.2) is 5.43 Å². The summed E-state index contributed by atoms with van der Waals surface area (Å²) in [7, 11) is 0. The number of rotatable bonds is 10. The highest BCUT2D eigenvalue weighted by Gasteiger charge is 2.42. The number of carbonyl (C=O) groups is 1. The first-order chi connectivity index (χ1) is 16.0. The molecule has 1 amide bonds. The van der Waals surface area contributed by atoms with E-state index in [9.17, 15) is 9.59 Å². The highest BCUT2D eigenvalue weighted by atomic mass is 16.5. The molecule has 0 fully saturated rings. The summed E-state index contributed by atoms with van der Waals surface area (Å²) in [4.78, 5) is 28.6. The van der Waals surface area contributed by atoms with Gasteiger partial charge < -0.3 is 18.8 Å². The quantitative estimate of drug-likeness (QED) is 0.391. The Labute approximate surface area is 194 Å². The largest absolute Gasteiger partial charge is 0.494 e. The van der Waals surface area contributed by atoms with Gasteiger partial charge in [0.25, 0.3) is 5.91 Å². The van der Waals surface area contributed by atoms with Crippen molar-refractivity contribution in [1.82, 2.24) is 4.90 Å². The topological polar surface area (TPSA) is 69.0 Å². The SMILES string of the molecule is CCCCOc1ccc([C@H]2c3c(oc4ccccc4c3=O)C(=O)N2CCCOC(C)C)cc1. The smallest absolute Gasteiger partial charge is 0.290 e. The molecule has 4 rings (SSSR count). The minimum Gasteiger partial charge on any atom is -0.494 e. The lowest BCUT2D eigenvalue weighted by Gasteiger charge is -2.25. The van der Waals surface area contributed by atoms with Gasteiger partial charge in [-0.25, -0.2) is 0 Å². The summed E-state index contributed by atoms with van der Waals surface area (Å²) >= 11 is 0. The molecule has 33 heavy (non-hydrogen) atoms. The van der Waals surface area contributed by atoms with Crippen LogP contribution in [0.5, 0.6) is 5.75 Å². The van der Waals surface area contributed by atoms with Crippen molar-refractivity contribution in [3.8, 4) is 5.75 Å². The molecule has 0 aliphatic carbocycles. The van der Waals surface area contributed by atoms with E-state index in [2.05, 4.69) is 6.92 Å². The Morgan fingerprint density at radius 1 is 1.00 bits per heavy atom. The number of unbranched alkanes of at least 4 members (excludes halogenated alkanes) is 1. The van der Waals surface area contributed by atoms with Crippen molar-refractivity contribution in [2.75, 3.05) is 19.8 Å². The van der Waals surface area contributed by atoms with E-state index in [1.807, 2.05) is 38.1 Å². The Morgan fingerprint density at radius 2 is 1.76 bits per heavy atom. The molecule has 0 bridgehead atoms. The molecule has 0 N–H and O–H groups in total. The minimum absolute atomic E-state index is 0.126. The van der Waals surface area contributed by atoms with Crippen molar-refractivity contribution >= 4 is 16.9 Å². The van der Waals surface area contributed by atoms with Crippen LogP contribution in [0.2, 0.25) is 0 Å². The Hall–Kier alpha value is -3.12. The van der Waals surface area contributed by atoms with Crippen LogP contribution in [0.15, 0.2) is 57.7 Å². The fraction of sp³-hybridized carbons (Fsp3) is 0.407. The summed E-state index contributed by atoms with van der Waals surface area (Å²) in [5.74, 6) is 0.654. The Balaban J connectivity index is 1.70. The second kappa shape index (κ2) is 10.2. The number of benzene rings is 2. The summed E-state index contributed by atoms with van der Waals surface area (Å²) in [6.07, 6.45) is 2.85. The molecule has 1 atom stereocenters. The molecule has 0 saturated carbocycles. The van der Waals surface area contributed by atoms with Crippen molar-refractivity contribution < 1.29 is 18.7 Å². The zero-order valence-electron chi connectivity index (χ0n) is 19.5. The van der Waals surface area contributed by atoms with E-state index in [0.29, 0.717) is 42.7 Å². The fourth-order valence-corrected chi connectivity index (χ4v) is 4.18. The van der Waals surface area contributed by atoms with Crippen LogP contribution >= 0.6 is 0 Å². The number of hydrogen-bond acceptors (Lipinski definition) is 5. The zero-order chi connectivity index (χ0) is 23.4. The first-order valence-corrected chi connectivity index (χ1v) is 11.7. The van der Waals surface area contributed by atoms with E-state index in [0.717, 1.165) is 24.2 Å². The monoisotopic (exact) mass is 449 g/mol. The molecule has 1 aromatic heterocycles. The van der Waals surface area contributed by atoms with Crippen molar-refractivity contribution in [3.63, 3.8) is 0 Å². The molecule has 0 radical (unpaired) electrons. The van der Waals surface area contributed by atoms with E-state index in [1.165, 1.54) is 0 Å². The lowest BCUT2D eigenvalue weighted by Crippen LogP contribution is -2.31. The van der Waals surface area contributed by atoms with Crippen LogP contribution in [0.25, 0.3) is 11.0 Å². The van der Waals surface area contributed by atoms with E-state index in [-0.39, 0.29) is 23.2 Å². The summed E-state index contributed by atoms with van der Waals surface area (Å²) in [5, 5.41) is 0.485. The maximum atomic E-state index is 13.5. The van der Waals surface area contributed by atoms with Gasteiger partial charge in [-0.3, -0.25) is 9.59 Å². The zero-order valence-corrected chi connectivity index (χ0v) is 19.5. The van der Waals surface area contributed by atoms with Gasteiger partial charge in [0, 0.05) is 13.2 Å². The maximum Gasteiger partial charge on any atom is 0.290 e. The number of nitrogens with zero attached hydrogens (tertiary/aromatic N) is 1. The molecule has 0 saturated heterocycles. The molecule has 1 aliphatic heterocycles. The molecular weight excluding hydrogens is 418 g/mol. The lowest BCUT2D eigenvalue weighted by atomic mass is 9.98. The number of para-hydroxylation sites is 1. The van der Waals surface area contributed by atoms with E-state index >= 15 is 0 Å². The van der Waals surface area contributed by atoms with Gasteiger partial charge >= 0.3 is 0 Å². The summed E-state index contributed by atoms with van der Waals surface area (Å²) in [6, 6.07) is 14.2. The molecule has 0 unspecified atom stereocenters. The van der Waals surface area contributed by atoms with Gasteiger partial charge in [0.2, 0.25) is 5.76 Å². The molecule has 174 valence electrons. The molecular formula is C27H31NO5. The van der Waals surface area contributed by atoms with Crippen molar-refractivity contribution in [1.29, 1.82) is 0 Å². The second-order valence-electron chi connectivity index (χ2n) is 8.62. The van der Waals surface area contributed by atoms with Crippen molar-refractivity contribution in [3.05, 3.63) is 75.6 Å². The van der Waals surface area contributed by atoms with Gasteiger partial charge in [-0.1, -0.05) is 37.6 Å². The molecule has 1 aliphatic rings. The summed E-state index contributed by atoms with van der Waals surface area (Å²) in [5.41, 5.74) is 1.54. The first-order valence-electron chi connectivity index (χ1n) is 11.7. The Kier molecular flexibility index (Phi) is 7.14. The maximum absolute atomic E-state index is 13.5. The van der Waals surface area contributed by atoms with Gasteiger partial charge in [0.05, 0.1) is 29.7 Å². The normalized spacial score (nSPS) is 15.5. The molecule has 2 aromatic carbocycles. The molecule has 0 spiro atoms. The van der Waals surface area contributed by atoms with Crippen LogP contribution in [0.4, 0.5) is 0 Å². The van der Waals surface area contributed by atoms with Gasteiger partial charge in [0.1, 0.15) is 11.3 Å². The van der Waals surface area contributed by atoms with Gasteiger partial charge in [-0.15, -0.1) is 0 Å².